The first-order chi connectivity index (χ1) is 24.6. The van der Waals surface area contributed by atoms with E-state index in [2.05, 4.69) is 59.1 Å². The zero-order chi connectivity index (χ0) is 36.1. The Kier molecular flexibility index (Phi) is 12.7. The molecule has 51 heavy (non-hydrogen) atoms. The lowest BCUT2D eigenvalue weighted by molar-refractivity contribution is -0.145. The number of esters is 1. The van der Waals surface area contributed by atoms with E-state index in [9.17, 15) is 19.2 Å². The maximum atomic E-state index is 14.3. The standard InChI is InChI=1S/C38H50Br2N6O5/c1-3-51-36(48)25-42-16-18-43(19-17-42)30-8-14-45(15-9-30)37(49)29(20-27-21-32(39)26(2)33(40)22-27)23-35(47)44-12-10-31(11-13-44)46-24-28-6-4-5-7-34(28)41-38(46)50/h4-7,21-22,29-31H,3,8-20,23-25H2,1-2H3,(H,41,50)/t29-/m1/s1. The van der Waals surface area contributed by atoms with E-state index in [4.69, 9.17) is 4.74 Å². The van der Waals surface area contributed by atoms with Gasteiger partial charge in [0.1, 0.15) is 0 Å². The number of halogens is 2. The van der Waals surface area contributed by atoms with Crippen molar-refractivity contribution in [3.05, 3.63) is 62.0 Å². The second-order valence-corrected chi connectivity index (χ2v) is 16.0. The van der Waals surface area contributed by atoms with E-state index < -0.39 is 5.92 Å². The molecule has 0 radical (unpaired) electrons. The van der Waals surface area contributed by atoms with Crippen molar-refractivity contribution in [3.63, 3.8) is 0 Å². The van der Waals surface area contributed by atoms with Gasteiger partial charge >= 0.3 is 12.0 Å². The third-order valence-corrected chi connectivity index (χ3v) is 12.7. The number of hydrogen-bond donors (Lipinski definition) is 1. The number of piperidine rings is 2. The Hall–Kier alpha value is -3.00. The Bertz CT molecular complexity index is 1560. The molecule has 3 saturated heterocycles. The highest BCUT2D eigenvalue weighted by molar-refractivity contribution is 9.11. The number of piperazine rings is 1. The first-order valence-corrected chi connectivity index (χ1v) is 20.0. The zero-order valence-electron chi connectivity index (χ0n) is 29.8. The molecular formula is C38H50Br2N6O5. The molecule has 0 bridgehead atoms. The molecule has 11 nitrogen and oxygen atoms in total. The Morgan fingerprint density at radius 1 is 0.882 bits per heavy atom. The number of rotatable bonds is 10. The molecule has 4 heterocycles. The second-order valence-electron chi connectivity index (χ2n) is 14.3. The maximum absolute atomic E-state index is 14.3. The summed E-state index contributed by atoms with van der Waals surface area (Å²) in [6.45, 7) is 11.1. The fraction of sp³-hybridized carbons (Fsp3) is 0.579. The summed E-state index contributed by atoms with van der Waals surface area (Å²) in [6, 6.07) is 12.4. The van der Waals surface area contributed by atoms with Crippen LogP contribution in [0.2, 0.25) is 0 Å². The molecule has 4 aliphatic rings. The molecule has 4 amide bonds. The topological polar surface area (TPSA) is 106 Å². The molecule has 1 atom stereocenters. The number of anilines is 1. The van der Waals surface area contributed by atoms with Gasteiger partial charge in [0.25, 0.3) is 0 Å². The van der Waals surface area contributed by atoms with Crippen molar-refractivity contribution >= 4 is 61.4 Å². The van der Waals surface area contributed by atoms with Gasteiger partial charge in [-0.15, -0.1) is 0 Å². The Morgan fingerprint density at radius 2 is 1.51 bits per heavy atom. The summed E-state index contributed by atoms with van der Waals surface area (Å²) in [6.07, 6.45) is 3.85. The lowest BCUT2D eigenvalue weighted by atomic mass is 9.91. The summed E-state index contributed by atoms with van der Waals surface area (Å²) >= 11 is 7.34. The fourth-order valence-electron chi connectivity index (χ4n) is 8.02. The Labute approximate surface area is 318 Å². The van der Waals surface area contributed by atoms with E-state index in [1.165, 1.54) is 0 Å². The van der Waals surface area contributed by atoms with E-state index in [1.54, 1.807) is 0 Å². The van der Waals surface area contributed by atoms with Crippen LogP contribution >= 0.6 is 31.9 Å². The molecule has 4 aliphatic heterocycles. The second kappa shape index (κ2) is 17.2. The normalized spacial score (nSPS) is 20.2. The van der Waals surface area contributed by atoms with Gasteiger partial charge in [0, 0.05) is 92.0 Å². The van der Waals surface area contributed by atoms with Crippen molar-refractivity contribution in [2.24, 2.45) is 5.92 Å². The number of urea groups is 1. The number of nitrogens with one attached hydrogen (secondary N) is 1. The number of hydrogen-bond acceptors (Lipinski definition) is 7. The van der Waals surface area contributed by atoms with Crippen molar-refractivity contribution < 1.29 is 23.9 Å². The van der Waals surface area contributed by atoms with Crippen LogP contribution < -0.4 is 5.32 Å². The van der Waals surface area contributed by atoms with Crippen LogP contribution in [0, 0.1) is 12.8 Å². The van der Waals surface area contributed by atoms with Gasteiger partial charge in [-0.25, -0.2) is 4.79 Å². The molecule has 0 saturated carbocycles. The first kappa shape index (κ1) is 37.7. The van der Waals surface area contributed by atoms with Crippen molar-refractivity contribution in [2.75, 3.05) is 70.8 Å². The summed E-state index contributed by atoms with van der Waals surface area (Å²) < 4.78 is 7.06. The molecule has 0 aliphatic carbocycles. The Morgan fingerprint density at radius 3 is 2.18 bits per heavy atom. The van der Waals surface area contributed by atoms with Crippen molar-refractivity contribution in [1.29, 1.82) is 0 Å². The molecule has 1 N–H and O–H groups in total. The van der Waals surface area contributed by atoms with Crippen LogP contribution in [-0.2, 0) is 32.1 Å². The minimum Gasteiger partial charge on any atom is -0.465 e. The highest BCUT2D eigenvalue weighted by atomic mass is 79.9. The van der Waals surface area contributed by atoms with E-state index in [0.717, 1.165) is 70.3 Å². The average molecular weight is 831 g/mol. The molecule has 13 heteroatoms. The number of benzene rings is 2. The van der Waals surface area contributed by atoms with Crippen LogP contribution in [0.5, 0.6) is 0 Å². The van der Waals surface area contributed by atoms with E-state index in [1.807, 2.05) is 52.8 Å². The van der Waals surface area contributed by atoms with Gasteiger partial charge in [-0.1, -0.05) is 50.1 Å². The number of para-hydroxylation sites is 1. The summed E-state index contributed by atoms with van der Waals surface area (Å²) in [5.41, 5.74) is 4.07. The van der Waals surface area contributed by atoms with Crippen LogP contribution in [0.25, 0.3) is 0 Å². The molecule has 2 aromatic carbocycles. The van der Waals surface area contributed by atoms with E-state index >= 15 is 0 Å². The van der Waals surface area contributed by atoms with E-state index in [0.29, 0.717) is 71.2 Å². The number of likely N-dealkylation sites (tertiary alicyclic amines) is 2. The summed E-state index contributed by atoms with van der Waals surface area (Å²) in [5.74, 6) is -0.587. The molecule has 276 valence electrons. The highest BCUT2D eigenvalue weighted by Gasteiger charge is 2.36. The lowest BCUT2D eigenvalue weighted by Gasteiger charge is -2.43. The van der Waals surface area contributed by atoms with Crippen LogP contribution in [0.3, 0.4) is 0 Å². The lowest BCUT2D eigenvalue weighted by Crippen LogP contribution is -2.55. The number of carbonyl (C=O) groups excluding carboxylic acids is 4. The minimum absolute atomic E-state index is 0.000981. The Balaban J connectivity index is 1.05. The number of nitrogens with zero attached hydrogens (tertiary/aromatic N) is 5. The van der Waals surface area contributed by atoms with Gasteiger partial charge in [0.05, 0.1) is 19.1 Å². The summed E-state index contributed by atoms with van der Waals surface area (Å²) in [7, 11) is 0. The van der Waals surface area contributed by atoms with Crippen molar-refractivity contribution in [1.82, 2.24) is 24.5 Å². The quantitative estimate of drug-likeness (QED) is 0.325. The molecule has 3 fully saturated rings. The molecular weight excluding hydrogens is 780 g/mol. The number of carbonyl (C=O) groups is 4. The average Bonchev–Trinajstić information content (AvgIpc) is 3.13. The SMILES string of the molecule is CCOC(=O)CN1CCN(C2CCN(C(=O)[C@@H](CC(=O)N3CCC(N4Cc5ccccc5NC4=O)CC3)Cc3cc(Br)c(C)c(Br)c3)CC2)CC1. The molecule has 0 spiro atoms. The van der Waals surface area contributed by atoms with Gasteiger partial charge < -0.3 is 24.8 Å². The monoisotopic (exact) mass is 828 g/mol. The highest BCUT2D eigenvalue weighted by Crippen LogP contribution is 2.31. The third kappa shape index (κ3) is 9.33. The van der Waals surface area contributed by atoms with Gasteiger partial charge in [-0.05, 0) is 80.8 Å². The fourth-order valence-corrected chi connectivity index (χ4v) is 9.30. The van der Waals surface area contributed by atoms with Gasteiger partial charge in [0.15, 0.2) is 0 Å². The molecule has 0 unspecified atom stereocenters. The number of ether oxygens (including phenoxy) is 1. The predicted molar refractivity (Wildman–Crippen MR) is 203 cm³/mol. The molecule has 0 aromatic heterocycles. The van der Waals surface area contributed by atoms with Crippen LogP contribution in [0.1, 0.15) is 55.7 Å². The van der Waals surface area contributed by atoms with Crippen molar-refractivity contribution in [2.45, 2.75) is 71.0 Å². The van der Waals surface area contributed by atoms with Gasteiger partial charge in [0.2, 0.25) is 11.8 Å². The van der Waals surface area contributed by atoms with Crippen LogP contribution in [0.4, 0.5) is 10.5 Å². The first-order valence-electron chi connectivity index (χ1n) is 18.4. The van der Waals surface area contributed by atoms with Crippen molar-refractivity contribution in [3.8, 4) is 0 Å². The maximum Gasteiger partial charge on any atom is 0.322 e. The smallest absolute Gasteiger partial charge is 0.322 e. The summed E-state index contributed by atoms with van der Waals surface area (Å²) in [4.78, 5) is 63.4. The van der Waals surface area contributed by atoms with Crippen LogP contribution in [-0.4, -0.2) is 126 Å². The minimum atomic E-state index is -0.468. The zero-order valence-corrected chi connectivity index (χ0v) is 32.9. The number of amides is 4. The molecule has 6 rings (SSSR count). The van der Waals surface area contributed by atoms with E-state index in [-0.39, 0.29) is 36.3 Å². The predicted octanol–water partition coefficient (Wildman–Crippen LogP) is 5.28. The number of fused-ring (bicyclic) bond motifs is 1. The van der Waals surface area contributed by atoms with Crippen LogP contribution in [0.15, 0.2) is 45.3 Å². The summed E-state index contributed by atoms with van der Waals surface area (Å²) in [5, 5.41) is 3.02. The third-order valence-electron chi connectivity index (χ3n) is 11.1. The van der Waals surface area contributed by atoms with Gasteiger partial charge in [-0.3, -0.25) is 24.2 Å². The largest absolute Gasteiger partial charge is 0.465 e. The molecule has 2 aromatic rings. The van der Waals surface area contributed by atoms with Gasteiger partial charge in [-0.2, -0.15) is 0 Å².